The van der Waals surface area contributed by atoms with Gasteiger partial charge in [-0.3, -0.25) is 4.90 Å². The number of hydrogen-bond acceptors (Lipinski definition) is 3. The Hall–Kier alpha value is -0.590. The number of piperazine rings is 1. The molecule has 20 heavy (non-hydrogen) atoms. The zero-order chi connectivity index (χ0) is 14.5. The Kier molecular flexibility index (Phi) is 10.6. The average molecular weight is 279 g/mol. The van der Waals surface area contributed by atoms with E-state index in [1.807, 2.05) is 0 Å². The van der Waals surface area contributed by atoms with Crippen LogP contribution >= 0.6 is 0 Å². The largest absolute Gasteiger partial charge is 0.313 e. The molecule has 0 bridgehead atoms. The van der Waals surface area contributed by atoms with Gasteiger partial charge in [0.05, 0.1) is 6.07 Å². The molecule has 1 fully saturated rings. The summed E-state index contributed by atoms with van der Waals surface area (Å²) in [6.07, 6.45) is 13.8. The first-order valence-electron chi connectivity index (χ1n) is 8.73. The normalized spacial score (nSPS) is 19.9. The van der Waals surface area contributed by atoms with Crippen LogP contribution in [0.2, 0.25) is 0 Å². The molecule has 1 aliphatic rings. The monoisotopic (exact) mass is 279 g/mol. The van der Waals surface area contributed by atoms with Crippen LogP contribution in [0.4, 0.5) is 0 Å². The summed E-state index contributed by atoms with van der Waals surface area (Å²) in [4.78, 5) is 2.35. The predicted octanol–water partition coefficient (Wildman–Crippen LogP) is 3.70. The first-order chi connectivity index (χ1) is 9.88. The van der Waals surface area contributed by atoms with Crippen LogP contribution in [0.3, 0.4) is 0 Å². The molecular weight excluding hydrogens is 246 g/mol. The molecule has 1 saturated heterocycles. The van der Waals surface area contributed by atoms with Crippen LogP contribution in [0, 0.1) is 11.3 Å². The summed E-state index contributed by atoms with van der Waals surface area (Å²) in [7, 11) is 0. The maximum Gasteiger partial charge on any atom is 0.110 e. The number of nitrogens with zero attached hydrogens (tertiary/aromatic N) is 2. The van der Waals surface area contributed by atoms with Crippen LogP contribution in [0.15, 0.2) is 0 Å². The highest BCUT2D eigenvalue weighted by atomic mass is 15.2. The molecule has 1 heterocycles. The van der Waals surface area contributed by atoms with E-state index in [1.54, 1.807) is 0 Å². The van der Waals surface area contributed by atoms with Gasteiger partial charge in [0.1, 0.15) is 6.04 Å². The van der Waals surface area contributed by atoms with E-state index in [4.69, 9.17) is 5.26 Å². The van der Waals surface area contributed by atoms with Crippen molar-refractivity contribution in [2.75, 3.05) is 26.2 Å². The minimum absolute atomic E-state index is 0.0994. The molecule has 3 nitrogen and oxygen atoms in total. The Labute approximate surface area is 125 Å². The van der Waals surface area contributed by atoms with E-state index < -0.39 is 0 Å². The molecule has 0 aromatic carbocycles. The number of nitrogens with one attached hydrogen (secondary N) is 1. The van der Waals surface area contributed by atoms with Crippen molar-refractivity contribution in [1.29, 1.82) is 5.26 Å². The van der Waals surface area contributed by atoms with Crippen LogP contribution in [0.25, 0.3) is 0 Å². The summed E-state index contributed by atoms with van der Waals surface area (Å²) < 4.78 is 0. The van der Waals surface area contributed by atoms with Crippen LogP contribution in [0.5, 0.6) is 0 Å². The summed E-state index contributed by atoms with van der Waals surface area (Å²) in [6.45, 7) is 6.30. The predicted molar refractivity (Wildman–Crippen MR) is 85.7 cm³/mol. The van der Waals surface area contributed by atoms with E-state index >= 15 is 0 Å². The lowest BCUT2D eigenvalue weighted by molar-refractivity contribution is 0.193. The lowest BCUT2D eigenvalue weighted by atomic mass is 10.1. The zero-order valence-electron chi connectivity index (χ0n) is 13.4. The number of rotatable bonds is 11. The third kappa shape index (κ3) is 7.87. The summed E-state index contributed by atoms with van der Waals surface area (Å²) >= 11 is 0. The molecular formula is C17H33N3. The zero-order valence-corrected chi connectivity index (χ0v) is 13.4. The Morgan fingerprint density at radius 1 is 1.00 bits per heavy atom. The van der Waals surface area contributed by atoms with Crippen molar-refractivity contribution in [2.45, 2.75) is 77.2 Å². The standard InChI is InChI=1S/C17H33N3/c1-2-3-4-5-6-7-8-9-10-11-13-20-14-12-19-16-17(20)15-18/h17,19H,2-14,16H2,1H3. The molecule has 1 atom stereocenters. The van der Waals surface area contributed by atoms with Crippen LogP contribution in [-0.4, -0.2) is 37.1 Å². The van der Waals surface area contributed by atoms with Gasteiger partial charge in [0.2, 0.25) is 0 Å². The molecule has 0 aromatic heterocycles. The second kappa shape index (κ2) is 12.2. The van der Waals surface area contributed by atoms with Crippen molar-refractivity contribution in [3.05, 3.63) is 0 Å². The molecule has 116 valence electrons. The third-order valence-corrected chi connectivity index (χ3v) is 4.30. The van der Waals surface area contributed by atoms with Gasteiger partial charge in [-0.1, -0.05) is 64.7 Å². The summed E-state index contributed by atoms with van der Waals surface area (Å²) in [6, 6.07) is 2.50. The third-order valence-electron chi connectivity index (χ3n) is 4.30. The van der Waals surface area contributed by atoms with Crippen LogP contribution in [-0.2, 0) is 0 Å². The van der Waals surface area contributed by atoms with Gasteiger partial charge in [0.15, 0.2) is 0 Å². The van der Waals surface area contributed by atoms with Gasteiger partial charge in [-0.25, -0.2) is 0 Å². The summed E-state index contributed by atoms with van der Waals surface area (Å²) in [5.74, 6) is 0. The van der Waals surface area contributed by atoms with Crippen molar-refractivity contribution >= 4 is 0 Å². The van der Waals surface area contributed by atoms with E-state index in [-0.39, 0.29) is 6.04 Å². The Balaban J connectivity index is 1.88. The highest BCUT2D eigenvalue weighted by Crippen LogP contribution is 2.11. The minimum atomic E-state index is 0.0994. The maximum atomic E-state index is 9.09. The first kappa shape index (κ1) is 17.5. The van der Waals surface area contributed by atoms with Crippen molar-refractivity contribution in [3.63, 3.8) is 0 Å². The molecule has 0 saturated carbocycles. The van der Waals surface area contributed by atoms with Gasteiger partial charge in [-0.05, 0) is 13.0 Å². The highest BCUT2D eigenvalue weighted by Gasteiger charge is 2.20. The molecule has 0 amide bonds. The first-order valence-corrected chi connectivity index (χ1v) is 8.73. The van der Waals surface area contributed by atoms with Crippen molar-refractivity contribution in [1.82, 2.24) is 10.2 Å². The lowest BCUT2D eigenvalue weighted by Gasteiger charge is -2.31. The van der Waals surface area contributed by atoms with Crippen LogP contribution < -0.4 is 5.32 Å². The molecule has 0 spiro atoms. The molecule has 3 heteroatoms. The molecule has 0 aromatic rings. The lowest BCUT2D eigenvalue weighted by Crippen LogP contribution is -2.50. The molecule has 1 rings (SSSR count). The topological polar surface area (TPSA) is 39.1 Å². The quantitative estimate of drug-likeness (QED) is 0.586. The molecule has 1 N–H and O–H groups in total. The van der Waals surface area contributed by atoms with E-state index in [2.05, 4.69) is 23.2 Å². The Morgan fingerprint density at radius 3 is 2.20 bits per heavy atom. The minimum Gasteiger partial charge on any atom is -0.313 e. The van der Waals surface area contributed by atoms with Gasteiger partial charge in [0, 0.05) is 19.6 Å². The smallest absolute Gasteiger partial charge is 0.110 e. The fourth-order valence-corrected chi connectivity index (χ4v) is 2.94. The molecule has 0 radical (unpaired) electrons. The van der Waals surface area contributed by atoms with Gasteiger partial charge < -0.3 is 5.32 Å². The summed E-state index contributed by atoms with van der Waals surface area (Å²) in [5, 5.41) is 12.4. The van der Waals surface area contributed by atoms with Crippen molar-refractivity contribution in [2.24, 2.45) is 0 Å². The summed E-state index contributed by atoms with van der Waals surface area (Å²) in [5.41, 5.74) is 0. The average Bonchev–Trinajstić information content (AvgIpc) is 2.49. The maximum absolute atomic E-state index is 9.09. The fourth-order valence-electron chi connectivity index (χ4n) is 2.94. The number of nitriles is 1. The molecule has 0 aliphatic carbocycles. The van der Waals surface area contributed by atoms with Gasteiger partial charge >= 0.3 is 0 Å². The second-order valence-corrected chi connectivity index (χ2v) is 6.07. The SMILES string of the molecule is CCCCCCCCCCCCN1CCNCC1C#N. The van der Waals surface area contributed by atoms with Crippen LogP contribution in [0.1, 0.15) is 71.1 Å². The van der Waals surface area contributed by atoms with E-state index in [0.29, 0.717) is 0 Å². The van der Waals surface area contributed by atoms with Crippen molar-refractivity contribution < 1.29 is 0 Å². The van der Waals surface area contributed by atoms with Gasteiger partial charge in [-0.2, -0.15) is 5.26 Å². The molecule has 1 unspecified atom stereocenters. The fraction of sp³-hybridized carbons (Fsp3) is 0.941. The van der Waals surface area contributed by atoms with E-state index in [1.165, 1.54) is 64.2 Å². The Bertz CT molecular complexity index is 259. The van der Waals surface area contributed by atoms with Gasteiger partial charge in [0.25, 0.3) is 0 Å². The van der Waals surface area contributed by atoms with Gasteiger partial charge in [-0.15, -0.1) is 0 Å². The number of hydrogen-bond donors (Lipinski definition) is 1. The molecule has 1 aliphatic heterocycles. The second-order valence-electron chi connectivity index (χ2n) is 6.07. The highest BCUT2D eigenvalue weighted by molar-refractivity contribution is 4.95. The Morgan fingerprint density at radius 2 is 1.60 bits per heavy atom. The number of unbranched alkanes of at least 4 members (excludes halogenated alkanes) is 9. The van der Waals surface area contributed by atoms with E-state index in [0.717, 1.165) is 26.2 Å². The van der Waals surface area contributed by atoms with E-state index in [9.17, 15) is 0 Å². The van der Waals surface area contributed by atoms with Crippen molar-refractivity contribution in [3.8, 4) is 6.07 Å².